The fourth-order valence-corrected chi connectivity index (χ4v) is 4.58. The van der Waals surface area contributed by atoms with Crippen LogP contribution < -0.4 is 5.32 Å². The quantitative estimate of drug-likeness (QED) is 0.567. The molecule has 0 unspecified atom stereocenters. The Balaban J connectivity index is 1.55. The maximum atomic E-state index is 15.6. The summed E-state index contributed by atoms with van der Waals surface area (Å²) in [5, 5.41) is 2.45. The molecule has 4 rings (SSSR count). The molecule has 2 aromatic rings. The number of halogens is 4. The van der Waals surface area contributed by atoms with Gasteiger partial charge in [0.2, 0.25) is 0 Å². The molecule has 0 radical (unpaired) electrons. The minimum absolute atomic E-state index is 0.0976. The van der Waals surface area contributed by atoms with Gasteiger partial charge in [0, 0.05) is 24.3 Å². The highest BCUT2D eigenvalue weighted by atomic mass is 19.3. The Morgan fingerprint density at radius 3 is 2.18 bits per heavy atom. The third-order valence-corrected chi connectivity index (χ3v) is 6.41. The van der Waals surface area contributed by atoms with Crippen molar-refractivity contribution in [3.05, 3.63) is 64.7 Å². The van der Waals surface area contributed by atoms with Crippen LogP contribution in [-0.2, 0) is 20.2 Å². The van der Waals surface area contributed by atoms with E-state index in [1.807, 2.05) is 0 Å². The third-order valence-electron chi connectivity index (χ3n) is 6.41. The van der Waals surface area contributed by atoms with Crippen molar-refractivity contribution in [2.24, 2.45) is 0 Å². The maximum absolute atomic E-state index is 15.6. The number of anilines is 1. The smallest absolute Gasteiger partial charge is 0.410 e. The average molecular weight is 552 g/mol. The highest BCUT2D eigenvalue weighted by molar-refractivity contribution is 6.04. The lowest BCUT2D eigenvalue weighted by atomic mass is 9.98. The molecule has 0 aliphatic carbocycles. The lowest BCUT2D eigenvalue weighted by molar-refractivity contribution is -0.180. The molecular formula is C27H29F4N3O5. The summed E-state index contributed by atoms with van der Waals surface area (Å²) in [6.45, 7) is 6.17. The van der Waals surface area contributed by atoms with Crippen LogP contribution in [0.15, 0.2) is 36.4 Å². The minimum Gasteiger partial charge on any atom is -0.444 e. The van der Waals surface area contributed by atoms with Crippen molar-refractivity contribution in [2.75, 3.05) is 31.6 Å². The Bertz CT molecular complexity index is 1280. The van der Waals surface area contributed by atoms with Gasteiger partial charge in [0.15, 0.2) is 0 Å². The molecule has 8 nitrogen and oxygen atoms in total. The first-order valence-electron chi connectivity index (χ1n) is 12.3. The van der Waals surface area contributed by atoms with Crippen LogP contribution in [0.25, 0.3) is 0 Å². The van der Waals surface area contributed by atoms with E-state index >= 15 is 8.78 Å². The number of nitrogens with zero attached hydrogens (tertiary/aromatic N) is 2. The molecule has 0 saturated carbocycles. The van der Waals surface area contributed by atoms with Crippen LogP contribution >= 0.6 is 0 Å². The van der Waals surface area contributed by atoms with Crippen LogP contribution in [-0.4, -0.2) is 71.7 Å². The summed E-state index contributed by atoms with van der Waals surface area (Å²) in [6.07, 6.45) is -0.639. The van der Waals surface area contributed by atoms with Crippen molar-refractivity contribution in [3.63, 3.8) is 0 Å². The van der Waals surface area contributed by atoms with Gasteiger partial charge in [0.05, 0.1) is 30.9 Å². The first-order chi connectivity index (χ1) is 18.2. The van der Waals surface area contributed by atoms with Gasteiger partial charge >= 0.3 is 12.0 Å². The molecule has 2 saturated heterocycles. The van der Waals surface area contributed by atoms with Crippen LogP contribution in [0.5, 0.6) is 0 Å². The standard InChI is InChI=1S/C27H29F4N3O5/c1-15-9-17(6-8-21(15)28)32-23(35)16-5-7-22(29)20(10-16)27(30,31)24(36)34-18-11-33(12-19(34)14-38-13-18)25(37)39-26(2,3)4/h5-10,18-19H,11-14H2,1-4H3,(H,32,35)/t18-,19+. The van der Waals surface area contributed by atoms with Crippen molar-refractivity contribution >= 4 is 23.6 Å². The van der Waals surface area contributed by atoms with Gasteiger partial charge in [-0.2, -0.15) is 8.78 Å². The fraction of sp³-hybridized carbons (Fsp3) is 0.444. The highest BCUT2D eigenvalue weighted by Gasteiger charge is 2.53. The van der Waals surface area contributed by atoms with E-state index < -0.39 is 58.7 Å². The van der Waals surface area contributed by atoms with Gasteiger partial charge in [-0.05, 0) is 69.7 Å². The van der Waals surface area contributed by atoms with E-state index in [2.05, 4.69) is 5.32 Å². The second-order valence-electron chi connectivity index (χ2n) is 10.6. The summed E-state index contributed by atoms with van der Waals surface area (Å²) in [4.78, 5) is 40.8. The molecule has 1 N–H and O–H groups in total. The molecular weight excluding hydrogens is 522 g/mol. The number of morpholine rings is 1. The Kier molecular flexibility index (Phi) is 7.61. The van der Waals surface area contributed by atoms with Crippen LogP contribution in [0.1, 0.15) is 42.3 Å². The predicted octanol–water partition coefficient (Wildman–Crippen LogP) is 4.46. The predicted molar refractivity (Wildman–Crippen MR) is 132 cm³/mol. The Hall–Kier alpha value is -3.67. The lowest BCUT2D eigenvalue weighted by Crippen LogP contribution is -2.68. The van der Waals surface area contributed by atoms with Crippen molar-refractivity contribution in [2.45, 2.75) is 51.3 Å². The number of ether oxygens (including phenoxy) is 2. The van der Waals surface area contributed by atoms with Gasteiger partial charge in [0.25, 0.3) is 11.8 Å². The van der Waals surface area contributed by atoms with Crippen molar-refractivity contribution in [1.29, 1.82) is 0 Å². The number of hydrogen-bond acceptors (Lipinski definition) is 5. The molecule has 2 fully saturated rings. The van der Waals surface area contributed by atoms with Crippen LogP contribution in [0.2, 0.25) is 0 Å². The molecule has 3 amide bonds. The highest BCUT2D eigenvalue weighted by Crippen LogP contribution is 2.36. The molecule has 2 aliphatic rings. The third kappa shape index (κ3) is 6.00. The van der Waals surface area contributed by atoms with Gasteiger partial charge in [-0.3, -0.25) is 9.59 Å². The van der Waals surface area contributed by atoms with Crippen LogP contribution in [0.3, 0.4) is 0 Å². The summed E-state index contributed by atoms with van der Waals surface area (Å²) in [6, 6.07) is 4.30. The molecule has 0 aromatic heterocycles. The Morgan fingerprint density at radius 1 is 0.974 bits per heavy atom. The Labute approximate surface area is 222 Å². The molecule has 210 valence electrons. The number of nitrogens with one attached hydrogen (secondary N) is 1. The van der Waals surface area contributed by atoms with E-state index in [4.69, 9.17) is 9.47 Å². The number of benzene rings is 2. The number of alkyl halides is 2. The zero-order valence-electron chi connectivity index (χ0n) is 21.9. The molecule has 0 spiro atoms. The van der Waals surface area contributed by atoms with E-state index in [-0.39, 0.29) is 43.1 Å². The second-order valence-corrected chi connectivity index (χ2v) is 10.6. The maximum Gasteiger partial charge on any atom is 0.410 e. The molecule has 2 atom stereocenters. The van der Waals surface area contributed by atoms with Crippen LogP contribution in [0, 0.1) is 18.6 Å². The van der Waals surface area contributed by atoms with Crippen molar-refractivity contribution in [3.8, 4) is 0 Å². The largest absolute Gasteiger partial charge is 0.444 e. The number of carbonyl (C=O) groups is 3. The molecule has 12 heteroatoms. The molecule has 2 heterocycles. The number of rotatable bonds is 4. The number of piperazine rings is 1. The number of hydrogen-bond donors (Lipinski definition) is 1. The van der Waals surface area contributed by atoms with Crippen LogP contribution in [0.4, 0.5) is 28.0 Å². The lowest BCUT2D eigenvalue weighted by Gasteiger charge is -2.50. The molecule has 2 bridgehead atoms. The molecule has 2 aliphatic heterocycles. The number of amides is 3. The number of fused-ring (bicyclic) bond motifs is 2. The fourth-order valence-electron chi connectivity index (χ4n) is 4.58. The zero-order valence-corrected chi connectivity index (χ0v) is 21.9. The summed E-state index contributed by atoms with van der Waals surface area (Å²) in [5.41, 5.74) is -1.88. The van der Waals surface area contributed by atoms with Gasteiger partial charge < -0.3 is 24.6 Å². The molecule has 39 heavy (non-hydrogen) atoms. The second kappa shape index (κ2) is 10.5. The number of aryl methyl sites for hydroxylation is 1. The van der Waals surface area contributed by atoms with Gasteiger partial charge in [-0.1, -0.05) is 0 Å². The van der Waals surface area contributed by atoms with E-state index in [1.165, 1.54) is 24.0 Å². The summed E-state index contributed by atoms with van der Waals surface area (Å²) in [5.74, 6) is -8.68. The SMILES string of the molecule is Cc1cc(NC(=O)c2ccc(F)c(C(F)(F)C(=O)N3[C@@H]4COC[C@H]3CN(C(=O)OC(C)(C)C)C4)c2)ccc1F. The van der Waals surface area contributed by atoms with E-state index in [0.717, 1.165) is 17.0 Å². The zero-order chi connectivity index (χ0) is 28.7. The topological polar surface area (TPSA) is 88.2 Å². The van der Waals surface area contributed by atoms with Gasteiger partial charge in [0.1, 0.15) is 17.2 Å². The van der Waals surface area contributed by atoms with E-state index in [1.54, 1.807) is 20.8 Å². The van der Waals surface area contributed by atoms with Crippen molar-refractivity contribution < 1.29 is 41.4 Å². The summed E-state index contributed by atoms with van der Waals surface area (Å²) in [7, 11) is 0. The first-order valence-corrected chi connectivity index (χ1v) is 12.3. The summed E-state index contributed by atoms with van der Waals surface area (Å²) >= 11 is 0. The molecule has 2 aromatic carbocycles. The summed E-state index contributed by atoms with van der Waals surface area (Å²) < 4.78 is 70.2. The monoisotopic (exact) mass is 551 g/mol. The normalized spacial score (nSPS) is 19.5. The van der Waals surface area contributed by atoms with Gasteiger partial charge in [-0.25, -0.2) is 13.6 Å². The van der Waals surface area contributed by atoms with Crippen molar-refractivity contribution in [1.82, 2.24) is 9.80 Å². The van der Waals surface area contributed by atoms with E-state index in [9.17, 15) is 23.2 Å². The minimum atomic E-state index is -4.32. The Morgan fingerprint density at radius 2 is 1.59 bits per heavy atom. The van der Waals surface area contributed by atoms with Gasteiger partial charge in [-0.15, -0.1) is 0 Å². The first kappa shape index (κ1) is 28.3. The number of carbonyl (C=O) groups excluding carboxylic acids is 3. The van der Waals surface area contributed by atoms with E-state index in [0.29, 0.717) is 12.1 Å². The average Bonchev–Trinajstić information content (AvgIpc) is 2.84.